The van der Waals surface area contributed by atoms with Gasteiger partial charge >= 0.3 is 0 Å². The summed E-state index contributed by atoms with van der Waals surface area (Å²) in [6.45, 7) is 0.290. The highest BCUT2D eigenvalue weighted by Gasteiger charge is 2.16. The summed E-state index contributed by atoms with van der Waals surface area (Å²) in [5, 5.41) is 14.5. The second-order valence-electron chi connectivity index (χ2n) is 3.83. The van der Waals surface area contributed by atoms with Crippen LogP contribution in [-0.4, -0.2) is 4.92 Å². The van der Waals surface area contributed by atoms with E-state index in [1.54, 1.807) is 12.1 Å². The lowest BCUT2D eigenvalue weighted by Gasteiger charge is -2.10. The van der Waals surface area contributed by atoms with Crippen molar-refractivity contribution < 1.29 is 4.92 Å². The van der Waals surface area contributed by atoms with Gasteiger partial charge in [0.1, 0.15) is 0 Å². The molecular weight excluding hydrogens is 332 g/mol. The maximum absolute atomic E-state index is 11.0. The lowest BCUT2D eigenvalue weighted by Crippen LogP contribution is -2.04. The Hall–Kier alpha value is -1.59. The maximum atomic E-state index is 11.0. The van der Waals surface area contributed by atoms with Crippen LogP contribution in [-0.2, 0) is 6.54 Å². The molecule has 0 aromatic heterocycles. The van der Waals surface area contributed by atoms with Crippen molar-refractivity contribution in [3.05, 3.63) is 67.6 Å². The van der Waals surface area contributed by atoms with Gasteiger partial charge in [-0.15, -0.1) is 0 Å². The van der Waals surface area contributed by atoms with Crippen LogP contribution in [0.3, 0.4) is 0 Å². The molecule has 0 atom stereocenters. The molecule has 0 aliphatic rings. The number of para-hydroxylation sites is 1. The van der Waals surface area contributed by atoms with Crippen molar-refractivity contribution in [2.45, 2.75) is 6.54 Å². The Morgan fingerprint density at radius 3 is 2.63 bits per heavy atom. The minimum absolute atomic E-state index is 0.0204. The highest BCUT2D eigenvalue weighted by atomic mass is 79.9. The fourth-order valence-electron chi connectivity index (χ4n) is 1.68. The monoisotopic (exact) mass is 340 g/mol. The SMILES string of the molecule is O=[N+]([O-])c1cccc(Cl)c1CNc1ccccc1Br. The molecular formula is C13H10BrClN2O2. The number of hydrogen-bond donors (Lipinski definition) is 1. The summed E-state index contributed by atoms with van der Waals surface area (Å²) < 4.78 is 0.893. The van der Waals surface area contributed by atoms with Gasteiger partial charge in [0.15, 0.2) is 0 Å². The third-order valence-corrected chi connectivity index (χ3v) is 3.67. The summed E-state index contributed by atoms with van der Waals surface area (Å²) in [4.78, 5) is 10.5. The molecule has 2 aromatic carbocycles. The molecule has 0 aliphatic heterocycles. The van der Waals surface area contributed by atoms with Gasteiger partial charge in [-0.3, -0.25) is 10.1 Å². The third kappa shape index (κ3) is 3.24. The molecule has 0 saturated heterocycles. The van der Waals surface area contributed by atoms with Gasteiger partial charge in [0, 0.05) is 22.8 Å². The van der Waals surface area contributed by atoms with E-state index in [0.29, 0.717) is 17.1 Å². The van der Waals surface area contributed by atoms with Crippen LogP contribution in [0.5, 0.6) is 0 Å². The zero-order chi connectivity index (χ0) is 13.8. The van der Waals surface area contributed by atoms with E-state index >= 15 is 0 Å². The highest BCUT2D eigenvalue weighted by Crippen LogP contribution is 2.28. The van der Waals surface area contributed by atoms with Crippen molar-refractivity contribution in [2.75, 3.05) is 5.32 Å². The zero-order valence-electron chi connectivity index (χ0n) is 9.77. The van der Waals surface area contributed by atoms with Gasteiger partial charge in [0.05, 0.1) is 15.5 Å². The predicted molar refractivity (Wildman–Crippen MR) is 79.6 cm³/mol. The van der Waals surface area contributed by atoms with Gasteiger partial charge in [0.25, 0.3) is 5.69 Å². The highest BCUT2D eigenvalue weighted by molar-refractivity contribution is 9.10. The Morgan fingerprint density at radius 2 is 1.95 bits per heavy atom. The Bertz CT molecular complexity index is 619. The smallest absolute Gasteiger partial charge is 0.275 e. The van der Waals surface area contributed by atoms with Crippen LogP contribution < -0.4 is 5.32 Å². The molecule has 19 heavy (non-hydrogen) atoms. The molecule has 0 heterocycles. The van der Waals surface area contributed by atoms with E-state index in [4.69, 9.17) is 11.6 Å². The summed E-state index contributed by atoms with van der Waals surface area (Å²) in [6, 6.07) is 12.2. The van der Waals surface area contributed by atoms with Crippen molar-refractivity contribution in [1.82, 2.24) is 0 Å². The number of anilines is 1. The average Bonchev–Trinajstić information content (AvgIpc) is 2.38. The minimum atomic E-state index is -0.428. The Morgan fingerprint density at radius 1 is 1.21 bits per heavy atom. The zero-order valence-corrected chi connectivity index (χ0v) is 12.1. The van der Waals surface area contributed by atoms with E-state index in [0.717, 1.165) is 10.2 Å². The number of nitro groups is 1. The standard InChI is InChI=1S/C13H10BrClN2O2/c14-10-4-1-2-6-12(10)16-8-9-11(15)5-3-7-13(9)17(18)19/h1-7,16H,8H2. The molecule has 0 spiro atoms. The molecule has 0 bridgehead atoms. The second kappa shape index (κ2) is 6.04. The summed E-state index contributed by atoms with van der Waals surface area (Å²) in [6.07, 6.45) is 0. The van der Waals surface area contributed by atoms with Crippen LogP contribution in [0.1, 0.15) is 5.56 Å². The van der Waals surface area contributed by atoms with Crippen molar-refractivity contribution in [3.8, 4) is 0 Å². The number of hydrogen-bond acceptors (Lipinski definition) is 3. The van der Waals surface area contributed by atoms with E-state index < -0.39 is 4.92 Å². The first-order chi connectivity index (χ1) is 9.09. The minimum Gasteiger partial charge on any atom is -0.380 e. The molecule has 98 valence electrons. The quantitative estimate of drug-likeness (QED) is 0.652. The largest absolute Gasteiger partial charge is 0.380 e. The van der Waals surface area contributed by atoms with Crippen LogP contribution in [0.4, 0.5) is 11.4 Å². The van der Waals surface area contributed by atoms with Gasteiger partial charge in [-0.05, 0) is 34.1 Å². The fourth-order valence-corrected chi connectivity index (χ4v) is 2.34. The van der Waals surface area contributed by atoms with Crippen molar-refractivity contribution in [1.29, 1.82) is 0 Å². The first-order valence-corrected chi connectivity index (χ1v) is 6.67. The number of nitrogens with one attached hydrogen (secondary N) is 1. The average molecular weight is 342 g/mol. The van der Waals surface area contributed by atoms with Crippen LogP contribution in [0.15, 0.2) is 46.9 Å². The first kappa shape index (κ1) is 13.8. The molecule has 0 fully saturated rings. The maximum Gasteiger partial charge on any atom is 0.275 e. The van der Waals surface area contributed by atoms with Gasteiger partial charge in [-0.25, -0.2) is 0 Å². The Labute approximate surface area is 123 Å². The van der Waals surface area contributed by atoms with Gasteiger partial charge in [0.2, 0.25) is 0 Å². The lowest BCUT2D eigenvalue weighted by molar-refractivity contribution is -0.385. The van der Waals surface area contributed by atoms with Crippen molar-refractivity contribution in [3.63, 3.8) is 0 Å². The summed E-state index contributed by atoms with van der Waals surface area (Å²) in [5.74, 6) is 0. The van der Waals surface area contributed by atoms with Gasteiger partial charge in [-0.1, -0.05) is 29.8 Å². The van der Waals surface area contributed by atoms with E-state index in [9.17, 15) is 10.1 Å². The summed E-state index contributed by atoms with van der Waals surface area (Å²) in [7, 11) is 0. The van der Waals surface area contributed by atoms with Crippen molar-refractivity contribution in [2.24, 2.45) is 0 Å². The van der Waals surface area contributed by atoms with Crippen LogP contribution in [0.25, 0.3) is 0 Å². The number of rotatable bonds is 4. The topological polar surface area (TPSA) is 55.2 Å². The molecule has 0 saturated carbocycles. The summed E-state index contributed by atoms with van der Waals surface area (Å²) in [5.41, 5.74) is 1.36. The molecule has 2 rings (SSSR count). The molecule has 2 aromatic rings. The molecule has 0 amide bonds. The van der Waals surface area contributed by atoms with E-state index in [2.05, 4.69) is 21.2 Å². The van der Waals surface area contributed by atoms with E-state index in [-0.39, 0.29) is 5.69 Å². The molecule has 0 unspecified atom stereocenters. The van der Waals surface area contributed by atoms with Gasteiger partial charge < -0.3 is 5.32 Å². The number of halogens is 2. The Kier molecular flexibility index (Phi) is 4.39. The normalized spacial score (nSPS) is 10.2. The number of benzene rings is 2. The van der Waals surface area contributed by atoms with Crippen LogP contribution in [0.2, 0.25) is 5.02 Å². The molecule has 4 nitrogen and oxygen atoms in total. The van der Waals surface area contributed by atoms with E-state index in [1.807, 2.05) is 24.3 Å². The van der Waals surface area contributed by atoms with E-state index in [1.165, 1.54) is 6.07 Å². The first-order valence-electron chi connectivity index (χ1n) is 5.50. The molecule has 0 aliphatic carbocycles. The third-order valence-electron chi connectivity index (χ3n) is 2.62. The lowest BCUT2D eigenvalue weighted by atomic mass is 10.1. The predicted octanol–water partition coefficient (Wildman–Crippen LogP) is 4.62. The molecule has 0 radical (unpaired) electrons. The number of nitro benzene ring substituents is 1. The molecule has 1 N–H and O–H groups in total. The molecule has 6 heteroatoms. The van der Waals surface area contributed by atoms with Gasteiger partial charge in [-0.2, -0.15) is 0 Å². The fraction of sp³-hybridized carbons (Fsp3) is 0.0769. The van der Waals surface area contributed by atoms with Crippen LogP contribution in [0, 0.1) is 10.1 Å². The van der Waals surface area contributed by atoms with Crippen LogP contribution >= 0.6 is 27.5 Å². The summed E-state index contributed by atoms with van der Waals surface area (Å²) >= 11 is 9.43. The van der Waals surface area contributed by atoms with Crippen molar-refractivity contribution >= 4 is 38.9 Å². The Balaban J connectivity index is 2.25. The second-order valence-corrected chi connectivity index (χ2v) is 5.09. The number of nitrogens with zero attached hydrogens (tertiary/aromatic N) is 1.